The number of aliphatic hydroxyl groups is 1. The number of benzene rings is 1. The summed E-state index contributed by atoms with van der Waals surface area (Å²) < 4.78 is 5.10. The van der Waals surface area contributed by atoms with Gasteiger partial charge in [-0.2, -0.15) is 0 Å². The zero-order valence-corrected chi connectivity index (χ0v) is 13.4. The first-order chi connectivity index (χ1) is 11.1. The minimum Gasteiger partial charge on any atom is -0.497 e. The van der Waals surface area contributed by atoms with E-state index in [1.54, 1.807) is 24.1 Å². The molecule has 126 valence electrons. The Hall–Kier alpha value is -2.28. The Labute approximate surface area is 135 Å². The molecule has 3 amide bonds. The number of nitrogens with one attached hydrogen (secondary N) is 2. The lowest BCUT2D eigenvalue weighted by Crippen LogP contribution is -2.48. The van der Waals surface area contributed by atoms with Crippen LogP contribution in [0.15, 0.2) is 24.3 Å². The van der Waals surface area contributed by atoms with Crippen LogP contribution in [0.2, 0.25) is 0 Å². The maximum absolute atomic E-state index is 12.1. The molecule has 0 unspecified atom stereocenters. The second kappa shape index (κ2) is 7.82. The highest BCUT2D eigenvalue weighted by Gasteiger charge is 2.31. The Morgan fingerprint density at radius 3 is 2.70 bits per heavy atom. The van der Waals surface area contributed by atoms with Gasteiger partial charge in [-0.15, -0.1) is 0 Å². The maximum atomic E-state index is 12.1. The Morgan fingerprint density at radius 1 is 1.43 bits per heavy atom. The number of anilines is 1. The number of hydrogen-bond acceptors (Lipinski definition) is 4. The van der Waals surface area contributed by atoms with Crippen LogP contribution >= 0.6 is 0 Å². The first-order valence-corrected chi connectivity index (χ1v) is 7.69. The Kier molecular flexibility index (Phi) is 5.81. The molecule has 7 nitrogen and oxygen atoms in total. The standard InChI is InChI=1S/C16H23N3O4/c1-3-11(10-20)17-16(22)18-12-8-15(21)19(9-12)13-4-6-14(23-2)7-5-13/h4-7,11-12,20H,3,8-10H2,1-2H3,(H2,17,18,22)/t11-,12+/m0/s1. The summed E-state index contributed by atoms with van der Waals surface area (Å²) in [6, 6.07) is 6.34. The van der Waals surface area contributed by atoms with E-state index in [0.29, 0.717) is 13.0 Å². The summed E-state index contributed by atoms with van der Waals surface area (Å²) in [5.41, 5.74) is 0.780. The van der Waals surface area contributed by atoms with Crippen molar-refractivity contribution in [3.8, 4) is 5.75 Å². The first kappa shape index (κ1) is 17.1. The van der Waals surface area contributed by atoms with Crippen LogP contribution in [0.3, 0.4) is 0 Å². The fourth-order valence-electron chi connectivity index (χ4n) is 2.51. The highest BCUT2D eigenvalue weighted by molar-refractivity contribution is 5.96. The van der Waals surface area contributed by atoms with Gasteiger partial charge in [0.1, 0.15) is 5.75 Å². The molecule has 0 saturated carbocycles. The number of carbonyl (C=O) groups excluding carboxylic acids is 2. The van der Waals surface area contributed by atoms with Gasteiger partial charge < -0.3 is 25.4 Å². The van der Waals surface area contributed by atoms with E-state index in [1.807, 2.05) is 19.1 Å². The van der Waals surface area contributed by atoms with Crippen molar-refractivity contribution in [3.63, 3.8) is 0 Å². The molecule has 0 aromatic heterocycles. The summed E-state index contributed by atoms with van der Waals surface area (Å²) in [6.45, 7) is 2.20. The molecule has 1 heterocycles. The first-order valence-electron chi connectivity index (χ1n) is 7.69. The number of methoxy groups -OCH3 is 1. The van der Waals surface area contributed by atoms with Crippen LogP contribution in [0, 0.1) is 0 Å². The van der Waals surface area contributed by atoms with Crippen molar-refractivity contribution in [1.82, 2.24) is 10.6 Å². The van der Waals surface area contributed by atoms with E-state index in [2.05, 4.69) is 10.6 Å². The number of aliphatic hydroxyl groups excluding tert-OH is 1. The van der Waals surface area contributed by atoms with E-state index in [1.165, 1.54) is 0 Å². The third kappa shape index (κ3) is 4.35. The molecule has 23 heavy (non-hydrogen) atoms. The van der Waals surface area contributed by atoms with Gasteiger partial charge in [0.15, 0.2) is 0 Å². The summed E-state index contributed by atoms with van der Waals surface area (Å²) in [7, 11) is 1.59. The normalized spacial score (nSPS) is 18.7. The molecule has 3 N–H and O–H groups in total. The fourth-order valence-corrected chi connectivity index (χ4v) is 2.51. The van der Waals surface area contributed by atoms with E-state index in [-0.39, 0.29) is 37.0 Å². The zero-order valence-electron chi connectivity index (χ0n) is 13.4. The highest BCUT2D eigenvalue weighted by atomic mass is 16.5. The lowest BCUT2D eigenvalue weighted by Gasteiger charge is -2.19. The molecule has 2 atom stereocenters. The Balaban J connectivity index is 1.92. The van der Waals surface area contributed by atoms with E-state index >= 15 is 0 Å². The van der Waals surface area contributed by atoms with Crippen molar-refractivity contribution in [1.29, 1.82) is 0 Å². The summed E-state index contributed by atoms with van der Waals surface area (Å²) in [5.74, 6) is 0.693. The second-order valence-corrected chi connectivity index (χ2v) is 5.51. The molecule has 7 heteroatoms. The van der Waals surface area contributed by atoms with E-state index in [9.17, 15) is 9.59 Å². The quantitative estimate of drug-likeness (QED) is 0.725. The molecule has 0 aliphatic carbocycles. The lowest BCUT2D eigenvalue weighted by molar-refractivity contribution is -0.117. The molecular formula is C16H23N3O4. The van der Waals surface area contributed by atoms with Crippen LogP contribution < -0.4 is 20.3 Å². The van der Waals surface area contributed by atoms with Crippen LogP contribution in [0.1, 0.15) is 19.8 Å². The summed E-state index contributed by atoms with van der Waals surface area (Å²) in [4.78, 5) is 25.7. The monoisotopic (exact) mass is 321 g/mol. The van der Waals surface area contributed by atoms with Gasteiger partial charge >= 0.3 is 6.03 Å². The number of carbonyl (C=O) groups is 2. The second-order valence-electron chi connectivity index (χ2n) is 5.51. The lowest BCUT2D eigenvalue weighted by atomic mass is 10.2. The Morgan fingerprint density at radius 2 is 2.13 bits per heavy atom. The molecule has 1 aromatic carbocycles. The van der Waals surface area contributed by atoms with Crippen molar-refractivity contribution in [3.05, 3.63) is 24.3 Å². The Bertz CT molecular complexity index is 543. The van der Waals surface area contributed by atoms with Crippen molar-refractivity contribution < 1.29 is 19.4 Å². The minimum atomic E-state index is -0.361. The molecule has 1 aromatic rings. The molecule has 1 aliphatic rings. The van der Waals surface area contributed by atoms with E-state index in [0.717, 1.165) is 11.4 Å². The predicted octanol–water partition coefficient (Wildman–Crippen LogP) is 0.871. The molecule has 0 spiro atoms. The average Bonchev–Trinajstić information content (AvgIpc) is 2.92. The molecule has 1 fully saturated rings. The van der Waals surface area contributed by atoms with Crippen LogP contribution in [0.4, 0.5) is 10.5 Å². The highest BCUT2D eigenvalue weighted by Crippen LogP contribution is 2.24. The number of nitrogens with zero attached hydrogens (tertiary/aromatic N) is 1. The number of amides is 3. The summed E-state index contributed by atoms with van der Waals surface area (Å²) >= 11 is 0. The van der Waals surface area contributed by atoms with Gasteiger partial charge in [-0.1, -0.05) is 6.92 Å². The zero-order chi connectivity index (χ0) is 16.8. The van der Waals surface area contributed by atoms with Crippen molar-refractivity contribution in [2.24, 2.45) is 0 Å². The van der Waals surface area contributed by atoms with Gasteiger partial charge in [-0.25, -0.2) is 4.79 Å². The van der Waals surface area contributed by atoms with Crippen LogP contribution in [-0.4, -0.2) is 49.4 Å². The van der Waals surface area contributed by atoms with Crippen molar-refractivity contribution in [2.45, 2.75) is 31.8 Å². The van der Waals surface area contributed by atoms with Crippen molar-refractivity contribution >= 4 is 17.6 Å². The van der Waals surface area contributed by atoms with Crippen LogP contribution in [0.5, 0.6) is 5.75 Å². The summed E-state index contributed by atoms with van der Waals surface area (Å²) in [6.07, 6.45) is 0.904. The third-order valence-electron chi connectivity index (χ3n) is 3.89. The number of hydrogen-bond donors (Lipinski definition) is 3. The number of ether oxygens (including phenoxy) is 1. The fraction of sp³-hybridized carbons (Fsp3) is 0.500. The third-order valence-corrected chi connectivity index (χ3v) is 3.89. The molecule has 1 saturated heterocycles. The van der Waals surface area contributed by atoms with Gasteiger partial charge in [0.25, 0.3) is 0 Å². The smallest absolute Gasteiger partial charge is 0.315 e. The topological polar surface area (TPSA) is 90.9 Å². The van der Waals surface area contributed by atoms with Gasteiger partial charge in [-0.05, 0) is 30.7 Å². The van der Waals surface area contributed by atoms with Gasteiger partial charge in [0.05, 0.1) is 25.8 Å². The molecule has 0 radical (unpaired) electrons. The molecule has 2 rings (SSSR count). The van der Waals surface area contributed by atoms with Crippen LogP contribution in [0.25, 0.3) is 0 Å². The SMILES string of the molecule is CC[C@@H](CO)NC(=O)N[C@@H]1CC(=O)N(c2ccc(OC)cc2)C1. The van der Waals surface area contributed by atoms with E-state index < -0.39 is 0 Å². The van der Waals surface area contributed by atoms with E-state index in [4.69, 9.17) is 9.84 Å². The molecule has 1 aliphatic heterocycles. The van der Waals surface area contributed by atoms with Crippen LogP contribution in [-0.2, 0) is 4.79 Å². The number of rotatable bonds is 6. The van der Waals surface area contributed by atoms with Gasteiger partial charge in [0.2, 0.25) is 5.91 Å². The predicted molar refractivity (Wildman–Crippen MR) is 86.6 cm³/mol. The molecule has 0 bridgehead atoms. The van der Waals surface area contributed by atoms with Crippen molar-refractivity contribution in [2.75, 3.05) is 25.2 Å². The minimum absolute atomic E-state index is 0.0327. The summed E-state index contributed by atoms with van der Waals surface area (Å²) in [5, 5.41) is 14.6. The van der Waals surface area contributed by atoms with Gasteiger partial charge in [-0.3, -0.25) is 4.79 Å². The maximum Gasteiger partial charge on any atom is 0.315 e. The number of urea groups is 1. The molecular weight excluding hydrogens is 298 g/mol. The average molecular weight is 321 g/mol. The largest absolute Gasteiger partial charge is 0.497 e. The van der Waals surface area contributed by atoms with Gasteiger partial charge in [0, 0.05) is 18.7 Å².